The van der Waals surface area contributed by atoms with Gasteiger partial charge in [0, 0.05) is 0 Å². The number of nitrogens with two attached hydrogens (primary N) is 1. The highest BCUT2D eigenvalue weighted by Crippen LogP contribution is 2.36. The Labute approximate surface area is 153 Å². The Morgan fingerprint density at radius 3 is 2.44 bits per heavy atom. The molecule has 0 aliphatic rings. The lowest BCUT2D eigenvalue weighted by molar-refractivity contribution is 0.374. The number of ether oxygens (including phenoxy) is 2. The number of nitrogens with zero attached hydrogens (tertiary/aromatic N) is 5. The SMILES string of the molecule is COc1nc(Cn2nc(C)c3c(Cl)nc(N)nc32)c(Cl)c(OC)c1C. The summed E-state index contributed by atoms with van der Waals surface area (Å²) in [5, 5.41) is 5.73. The Balaban J connectivity index is 2.17. The Kier molecular flexibility index (Phi) is 4.57. The molecular weight excluding hydrogens is 367 g/mol. The number of nitrogen functional groups attached to an aromatic ring is 1. The average molecular weight is 383 g/mol. The third-order valence-corrected chi connectivity index (χ3v) is 4.45. The quantitative estimate of drug-likeness (QED) is 0.692. The van der Waals surface area contributed by atoms with Crippen LogP contribution in [0.25, 0.3) is 11.0 Å². The van der Waals surface area contributed by atoms with Gasteiger partial charge in [-0.3, -0.25) is 0 Å². The molecule has 0 saturated carbocycles. The molecule has 0 bridgehead atoms. The summed E-state index contributed by atoms with van der Waals surface area (Å²) in [5.41, 5.74) is 8.14. The van der Waals surface area contributed by atoms with E-state index in [1.54, 1.807) is 11.8 Å². The molecule has 3 rings (SSSR count). The maximum absolute atomic E-state index is 6.45. The van der Waals surface area contributed by atoms with Gasteiger partial charge in [0.1, 0.15) is 15.9 Å². The van der Waals surface area contributed by atoms with Gasteiger partial charge in [0.15, 0.2) is 5.65 Å². The molecule has 2 N–H and O–H groups in total. The third kappa shape index (κ3) is 2.91. The van der Waals surface area contributed by atoms with Gasteiger partial charge in [0.25, 0.3) is 0 Å². The van der Waals surface area contributed by atoms with Crippen molar-refractivity contribution in [2.45, 2.75) is 20.4 Å². The first-order valence-corrected chi connectivity index (χ1v) is 8.06. The van der Waals surface area contributed by atoms with Crippen molar-refractivity contribution in [3.63, 3.8) is 0 Å². The van der Waals surface area contributed by atoms with Crippen molar-refractivity contribution in [3.8, 4) is 11.6 Å². The van der Waals surface area contributed by atoms with Gasteiger partial charge in [-0.05, 0) is 13.8 Å². The van der Waals surface area contributed by atoms with Gasteiger partial charge < -0.3 is 15.2 Å². The molecule has 10 heteroatoms. The van der Waals surface area contributed by atoms with Crippen LogP contribution < -0.4 is 15.2 Å². The largest absolute Gasteiger partial charge is 0.495 e. The van der Waals surface area contributed by atoms with E-state index in [0.717, 1.165) is 5.56 Å². The summed E-state index contributed by atoms with van der Waals surface area (Å²) < 4.78 is 12.3. The molecule has 132 valence electrons. The Bertz CT molecular complexity index is 973. The predicted molar refractivity (Wildman–Crippen MR) is 95.7 cm³/mol. The maximum Gasteiger partial charge on any atom is 0.223 e. The number of pyridine rings is 1. The van der Waals surface area contributed by atoms with Crippen molar-refractivity contribution in [3.05, 3.63) is 27.1 Å². The standard InChI is InChI=1S/C15H16Cl2N6O2/c1-6-11(24-3)10(16)8(19-14(6)25-4)5-23-13-9(7(2)22-23)12(17)20-15(18)21-13/h5H2,1-4H3,(H2,18,20,21). The smallest absolute Gasteiger partial charge is 0.223 e. The number of fused-ring (bicyclic) bond motifs is 1. The van der Waals surface area contributed by atoms with E-state index in [1.807, 2.05) is 13.8 Å². The van der Waals surface area contributed by atoms with E-state index in [2.05, 4.69) is 20.1 Å². The fraction of sp³-hybridized carbons (Fsp3) is 0.333. The lowest BCUT2D eigenvalue weighted by atomic mass is 10.2. The van der Waals surface area contributed by atoms with Crippen molar-refractivity contribution >= 4 is 40.2 Å². The van der Waals surface area contributed by atoms with Crippen molar-refractivity contribution in [2.75, 3.05) is 20.0 Å². The van der Waals surface area contributed by atoms with Crippen LogP contribution in [-0.4, -0.2) is 39.0 Å². The zero-order valence-electron chi connectivity index (χ0n) is 14.1. The number of anilines is 1. The molecule has 0 fully saturated rings. The van der Waals surface area contributed by atoms with Crippen LogP contribution in [0.1, 0.15) is 17.0 Å². The minimum absolute atomic E-state index is 0.0665. The number of methoxy groups -OCH3 is 2. The molecule has 0 aromatic carbocycles. The molecule has 0 saturated heterocycles. The van der Waals surface area contributed by atoms with E-state index in [0.29, 0.717) is 39.1 Å². The molecule has 0 unspecified atom stereocenters. The molecule has 3 heterocycles. The number of aromatic nitrogens is 5. The molecule has 3 aromatic rings. The Morgan fingerprint density at radius 2 is 1.80 bits per heavy atom. The van der Waals surface area contributed by atoms with Crippen LogP contribution in [-0.2, 0) is 6.54 Å². The van der Waals surface area contributed by atoms with Gasteiger partial charge in [-0.15, -0.1) is 0 Å². The third-order valence-electron chi connectivity index (χ3n) is 3.79. The van der Waals surface area contributed by atoms with Crippen LogP contribution >= 0.6 is 23.2 Å². The first-order valence-electron chi connectivity index (χ1n) is 7.30. The van der Waals surface area contributed by atoms with Gasteiger partial charge in [-0.25, -0.2) is 14.6 Å². The minimum Gasteiger partial charge on any atom is -0.495 e. The number of halogens is 2. The summed E-state index contributed by atoms with van der Waals surface area (Å²) in [5.74, 6) is 0.997. The van der Waals surface area contributed by atoms with Crippen molar-refractivity contribution in [1.29, 1.82) is 0 Å². The monoisotopic (exact) mass is 382 g/mol. The fourth-order valence-corrected chi connectivity index (χ4v) is 3.29. The Hall–Kier alpha value is -2.32. The summed E-state index contributed by atoms with van der Waals surface area (Å²) in [7, 11) is 3.08. The number of rotatable bonds is 4. The van der Waals surface area contributed by atoms with Gasteiger partial charge in [-0.2, -0.15) is 10.1 Å². The van der Waals surface area contributed by atoms with E-state index >= 15 is 0 Å². The lowest BCUT2D eigenvalue weighted by Crippen LogP contribution is -2.09. The van der Waals surface area contributed by atoms with Crippen LogP contribution in [0.5, 0.6) is 11.6 Å². The van der Waals surface area contributed by atoms with Gasteiger partial charge in [0.2, 0.25) is 11.8 Å². The van der Waals surface area contributed by atoms with Crippen molar-refractivity contribution in [2.24, 2.45) is 0 Å². The number of hydrogen-bond acceptors (Lipinski definition) is 7. The van der Waals surface area contributed by atoms with Gasteiger partial charge in [-0.1, -0.05) is 23.2 Å². The summed E-state index contributed by atoms with van der Waals surface area (Å²) in [6.07, 6.45) is 0. The van der Waals surface area contributed by atoms with Crippen molar-refractivity contribution < 1.29 is 9.47 Å². The van der Waals surface area contributed by atoms with Gasteiger partial charge >= 0.3 is 0 Å². The van der Waals surface area contributed by atoms with Gasteiger partial charge in [0.05, 0.1) is 43.1 Å². The second kappa shape index (κ2) is 6.53. The molecule has 0 atom stereocenters. The molecular formula is C15H16Cl2N6O2. The van der Waals surface area contributed by atoms with Crippen LogP contribution in [0.15, 0.2) is 0 Å². The van der Waals surface area contributed by atoms with E-state index in [1.165, 1.54) is 7.11 Å². The maximum atomic E-state index is 6.45. The van der Waals surface area contributed by atoms with E-state index in [9.17, 15) is 0 Å². The van der Waals surface area contributed by atoms with Crippen LogP contribution in [0.4, 0.5) is 5.95 Å². The van der Waals surface area contributed by atoms with Crippen LogP contribution in [0.2, 0.25) is 10.2 Å². The first-order chi connectivity index (χ1) is 11.9. The molecule has 0 amide bonds. The first kappa shape index (κ1) is 17.5. The van der Waals surface area contributed by atoms with E-state index < -0.39 is 0 Å². The highest BCUT2D eigenvalue weighted by atomic mass is 35.5. The molecule has 3 aromatic heterocycles. The number of hydrogen-bond donors (Lipinski definition) is 1. The molecule has 0 aliphatic carbocycles. The molecule has 0 radical (unpaired) electrons. The zero-order chi connectivity index (χ0) is 18.3. The zero-order valence-corrected chi connectivity index (χ0v) is 15.6. The minimum atomic E-state index is 0.0665. The second-order valence-corrected chi connectivity index (χ2v) is 6.09. The molecule has 25 heavy (non-hydrogen) atoms. The lowest BCUT2D eigenvalue weighted by Gasteiger charge is -2.14. The molecule has 0 spiro atoms. The van der Waals surface area contributed by atoms with Crippen molar-refractivity contribution in [1.82, 2.24) is 24.7 Å². The highest BCUT2D eigenvalue weighted by Gasteiger charge is 2.20. The van der Waals surface area contributed by atoms with Crippen LogP contribution in [0, 0.1) is 13.8 Å². The van der Waals surface area contributed by atoms with E-state index in [-0.39, 0.29) is 17.6 Å². The summed E-state index contributed by atoms with van der Waals surface area (Å²) in [4.78, 5) is 12.7. The highest BCUT2D eigenvalue weighted by molar-refractivity contribution is 6.34. The summed E-state index contributed by atoms with van der Waals surface area (Å²) in [6, 6.07) is 0. The fourth-order valence-electron chi connectivity index (χ4n) is 2.66. The molecule has 0 aliphatic heterocycles. The average Bonchev–Trinajstić information content (AvgIpc) is 2.86. The molecule has 8 nitrogen and oxygen atoms in total. The Morgan fingerprint density at radius 1 is 1.08 bits per heavy atom. The summed E-state index contributed by atoms with van der Waals surface area (Å²) in [6.45, 7) is 3.88. The second-order valence-electron chi connectivity index (χ2n) is 5.35. The summed E-state index contributed by atoms with van der Waals surface area (Å²) >= 11 is 12.6. The van der Waals surface area contributed by atoms with Crippen LogP contribution in [0.3, 0.4) is 0 Å². The predicted octanol–water partition coefficient (Wildman–Crippen LogP) is 2.79. The topological polar surface area (TPSA) is 101 Å². The van der Waals surface area contributed by atoms with E-state index in [4.69, 9.17) is 38.4 Å². The number of aryl methyl sites for hydroxylation is 1. The normalized spacial score (nSPS) is 11.1.